The summed E-state index contributed by atoms with van der Waals surface area (Å²) in [6, 6.07) is 3.83. The van der Waals surface area contributed by atoms with Crippen LogP contribution in [0.25, 0.3) is 11.0 Å². The van der Waals surface area contributed by atoms with Crippen LogP contribution in [0.4, 0.5) is 0 Å². The summed E-state index contributed by atoms with van der Waals surface area (Å²) in [5.74, 6) is 0. The molecule has 0 aliphatic carbocycles. The number of aromatic amines is 1. The Balaban J connectivity index is 2.28. The first kappa shape index (κ1) is 9.60. The summed E-state index contributed by atoms with van der Waals surface area (Å²) in [7, 11) is 0. The molecule has 2 aromatic heterocycles. The van der Waals surface area contributed by atoms with Gasteiger partial charge in [-0.1, -0.05) is 0 Å². The highest BCUT2D eigenvalue weighted by Crippen LogP contribution is 2.12. The lowest BCUT2D eigenvalue weighted by atomic mass is 10.2. The molecule has 2 aromatic rings. The number of hydrogen-bond donors (Lipinski definition) is 3. The standard InChI is InChI=1S/C9H9N5S/c10-9(15)14-13-5-6-4-12-8-7(6)2-1-3-11-8/h1-5H,(H,11,12)(H3,10,14,15)/b13-5+. The monoisotopic (exact) mass is 219 g/mol. The van der Waals surface area contributed by atoms with E-state index in [0.717, 1.165) is 16.6 Å². The third-order valence-corrected chi connectivity index (χ3v) is 1.95. The minimum absolute atomic E-state index is 0.143. The van der Waals surface area contributed by atoms with Crippen LogP contribution in [0.15, 0.2) is 29.6 Å². The summed E-state index contributed by atoms with van der Waals surface area (Å²) in [6.45, 7) is 0. The number of thiocarbonyl (C=S) groups is 1. The molecule has 76 valence electrons. The highest BCUT2D eigenvalue weighted by molar-refractivity contribution is 7.80. The number of nitrogens with one attached hydrogen (secondary N) is 2. The number of nitrogens with two attached hydrogens (primary N) is 1. The second kappa shape index (κ2) is 4.05. The van der Waals surface area contributed by atoms with E-state index in [4.69, 9.17) is 5.73 Å². The summed E-state index contributed by atoms with van der Waals surface area (Å²) < 4.78 is 0. The first-order chi connectivity index (χ1) is 7.27. The van der Waals surface area contributed by atoms with Crippen molar-refractivity contribution in [1.29, 1.82) is 0 Å². The van der Waals surface area contributed by atoms with Gasteiger partial charge >= 0.3 is 0 Å². The fourth-order valence-electron chi connectivity index (χ4n) is 1.25. The molecular weight excluding hydrogens is 210 g/mol. The Bertz CT molecular complexity index is 516. The van der Waals surface area contributed by atoms with Gasteiger partial charge in [-0.3, -0.25) is 5.43 Å². The van der Waals surface area contributed by atoms with Crippen molar-refractivity contribution in [1.82, 2.24) is 15.4 Å². The quantitative estimate of drug-likeness (QED) is 0.395. The largest absolute Gasteiger partial charge is 0.375 e. The summed E-state index contributed by atoms with van der Waals surface area (Å²) in [4.78, 5) is 7.19. The maximum absolute atomic E-state index is 5.23. The smallest absolute Gasteiger partial charge is 0.184 e. The minimum Gasteiger partial charge on any atom is -0.375 e. The van der Waals surface area contributed by atoms with Crippen LogP contribution in [0.5, 0.6) is 0 Å². The van der Waals surface area contributed by atoms with E-state index < -0.39 is 0 Å². The fourth-order valence-corrected chi connectivity index (χ4v) is 1.30. The molecule has 0 aromatic carbocycles. The average molecular weight is 219 g/mol. The summed E-state index contributed by atoms with van der Waals surface area (Å²) >= 11 is 4.62. The van der Waals surface area contributed by atoms with E-state index in [0.29, 0.717) is 0 Å². The second-order valence-electron chi connectivity index (χ2n) is 2.88. The average Bonchev–Trinajstić information content (AvgIpc) is 2.62. The summed E-state index contributed by atoms with van der Waals surface area (Å²) in [5, 5.41) is 5.02. The van der Waals surface area contributed by atoms with Crippen LogP contribution in [0.3, 0.4) is 0 Å². The molecule has 0 atom stereocenters. The van der Waals surface area contributed by atoms with Crippen LogP contribution in [0.1, 0.15) is 5.56 Å². The minimum atomic E-state index is 0.143. The molecule has 6 heteroatoms. The molecule has 0 aliphatic heterocycles. The molecule has 0 saturated heterocycles. The van der Waals surface area contributed by atoms with E-state index in [-0.39, 0.29) is 5.11 Å². The predicted octanol–water partition coefficient (Wildman–Crippen LogP) is 0.730. The summed E-state index contributed by atoms with van der Waals surface area (Å²) in [6.07, 6.45) is 5.19. The second-order valence-corrected chi connectivity index (χ2v) is 3.32. The van der Waals surface area contributed by atoms with Gasteiger partial charge in [0.15, 0.2) is 5.11 Å². The van der Waals surface area contributed by atoms with Gasteiger partial charge in [-0.25, -0.2) is 4.98 Å². The van der Waals surface area contributed by atoms with Crippen molar-refractivity contribution < 1.29 is 0 Å². The fraction of sp³-hybridized carbons (Fsp3) is 0. The van der Waals surface area contributed by atoms with E-state index in [9.17, 15) is 0 Å². The molecule has 0 aliphatic rings. The van der Waals surface area contributed by atoms with Crippen LogP contribution in [0, 0.1) is 0 Å². The number of aromatic nitrogens is 2. The lowest BCUT2D eigenvalue weighted by Gasteiger charge is -1.93. The molecule has 15 heavy (non-hydrogen) atoms. The molecule has 0 spiro atoms. The van der Waals surface area contributed by atoms with Gasteiger partial charge in [-0.05, 0) is 24.4 Å². The molecule has 4 N–H and O–H groups in total. The normalized spacial score (nSPS) is 10.9. The van der Waals surface area contributed by atoms with Crippen molar-refractivity contribution in [2.75, 3.05) is 0 Å². The maximum atomic E-state index is 5.23. The van der Waals surface area contributed by atoms with Crippen LogP contribution in [-0.4, -0.2) is 21.3 Å². The number of nitrogens with zero attached hydrogens (tertiary/aromatic N) is 2. The Kier molecular flexibility index (Phi) is 2.59. The van der Waals surface area contributed by atoms with Gasteiger partial charge in [0.05, 0.1) is 6.21 Å². The molecule has 0 amide bonds. The van der Waals surface area contributed by atoms with Crippen molar-refractivity contribution in [3.8, 4) is 0 Å². The lowest BCUT2D eigenvalue weighted by molar-refractivity contribution is 1.04. The molecule has 0 radical (unpaired) electrons. The van der Waals surface area contributed by atoms with Gasteiger partial charge in [0, 0.05) is 23.3 Å². The van der Waals surface area contributed by atoms with E-state index in [1.165, 1.54) is 0 Å². The first-order valence-corrected chi connectivity index (χ1v) is 4.69. The van der Waals surface area contributed by atoms with E-state index in [1.54, 1.807) is 12.4 Å². The lowest BCUT2D eigenvalue weighted by Crippen LogP contribution is -2.23. The third kappa shape index (κ3) is 2.10. The Morgan fingerprint density at radius 3 is 3.33 bits per heavy atom. The molecular formula is C9H9N5S. The zero-order valence-corrected chi connectivity index (χ0v) is 8.58. The van der Waals surface area contributed by atoms with Crippen LogP contribution in [0.2, 0.25) is 0 Å². The molecule has 0 bridgehead atoms. The van der Waals surface area contributed by atoms with Crippen molar-refractivity contribution in [2.24, 2.45) is 10.8 Å². The molecule has 0 unspecified atom stereocenters. The Morgan fingerprint density at radius 1 is 1.67 bits per heavy atom. The number of rotatable bonds is 2. The number of fused-ring (bicyclic) bond motifs is 1. The van der Waals surface area contributed by atoms with Crippen molar-refractivity contribution >= 4 is 34.6 Å². The van der Waals surface area contributed by atoms with Gasteiger partial charge in [0.25, 0.3) is 0 Å². The van der Waals surface area contributed by atoms with Crippen LogP contribution < -0.4 is 11.2 Å². The van der Waals surface area contributed by atoms with Crippen LogP contribution in [-0.2, 0) is 0 Å². The van der Waals surface area contributed by atoms with Crippen molar-refractivity contribution in [3.05, 3.63) is 30.1 Å². The highest BCUT2D eigenvalue weighted by Gasteiger charge is 2.00. The highest BCUT2D eigenvalue weighted by atomic mass is 32.1. The third-order valence-electron chi connectivity index (χ3n) is 1.86. The van der Waals surface area contributed by atoms with Gasteiger partial charge < -0.3 is 10.7 Å². The Morgan fingerprint density at radius 2 is 2.53 bits per heavy atom. The predicted molar refractivity (Wildman–Crippen MR) is 63.6 cm³/mol. The van der Waals surface area contributed by atoms with E-state index >= 15 is 0 Å². The molecule has 0 saturated carbocycles. The first-order valence-electron chi connectivity index (χ1n) is 4.28. The molecule has 5 nitrogen and oxygen atoms in total. The summed E-state index contributed by atoms with van der Waals surface area (Å²) in [5.41, 5.74) is 9.48. The Labute approximate surface area is 91.4 Å². The van der Waals surface area contributed by atoms with Crippen LogP contribution >= 0.6 is 12.2 Å². The van der Waals surface area contributed by atoms with Gasteiger partial charge in [-0.15, -0.1) is 0 Å². The van der Waals surface area contributed by atoms with E-state index in [2.05, 4.69) is 32.7 Å². The number of H-pyrrole nitrogens is 1. The van der Waals surface area contributed by atoms with Gasteiger partial charge in [0.1, 0.15) is 5.65 Å². The number of hydrogen-bond acceptors (Lipinski definition) is 3. The van der Waals surface area contributed by atoms with Crippen molar-refractivity contribution in [3.63, 3.8) is 0 Å². The molecule has 2 heterocycles. The molecule has 2 rings (SSSR count). The topological polar surface area (TPSA) is 79.1 Å². The zero-order chi connectivity index (χ0) is 10.7. The van der Waals surface area contributed by atoms with Gasteiger partial charge in [-0.2, -0.15) is 5.10 Å². The van der Waals surface area contributed by atoms with Gasteiger partial charge in [0.2, 0.25) is 0 Å². The SMILES string of the molecule is NC(=S)N/N=C/c1c[nH]c2ncccc12. The zero-order valence-electron chi connectivity index (χ0n) is 7.77. The Hall–Kier alpha value is -1.95. The van der Waals surface area contributed by atoms with Crippen molar-refractivity contribution in [2.45, 2.75) is 0 Å². The molecule has 0 fully saturated rings. The van der Waals surface area contributed by atoms with E-state index in [1.807, 2.05) is 18.3 Å². The maximum Gasteiger partial charge on any atom is 0.184 e. The number of pyridine rings is 1. The number of hydrazone groups is 1.